The molecule has 1 fully saturated rings. The van der Waals surface area contributed by atoms with E-state index in [2.05, 4.69) is 4.98 Å². The zero-order chi connectivity index (χ0) is 21.1. The van der Waals surface area contributed by atoms with Crippen LogP contribution >= 0.6 is 0 Å². The molecule has 0 unspecified atom stereocenters. The van der Waals surface area contributed by atoms with Gasteiger partial charge in [-0.15, -0.1) is 0 Å². The number of ether oxygens (including phenoxy) is 1. The third-order valence-electron chi connectivity index (χ3n) is 5.03. The molecule has 0 saturated carbocycles. The van der Waals surface area contributed by atoms with E-state index in [0.29, 0.717) is 25.9 Å². The number of amides is 2. The number of carbonyl (C=O) groups excluding carboxylic acids is 1. The van der Waals surface area contributed by atoms with E-state index in [1.165, 1.54) is 4.90 Å². The second kappa shape index (κ2) is 8.80. The number of piperidine rings is 1. The lowest BCUT2D eigenvalue weighted by molar-refractivity contribution is -0.141. The first-order valence-corrected chi connectivity index (χ1v) is 9.91. The molecule has 28 heavy (non-hydrogen) atoms. The van der Waals surface area contributed by atoms with Crippen LogP contribution in [0.4, 0.5) is 4.79 Å². The summed E-state index contributed by atoms with van der Waals surface area (Å²) in [7, 11) is 0. The molecule has 2 heterocycles. The lowest BCUT2D eigenvalue weighted by Crippen LogP contribution is -2.60. The molecule has 1 aromatic heterocycles. The van der Waals surface area contributed by atoms with Gasteiger partial charge in [-0.25, -0.2) is 4.79 Å². The Labute approximate surface area is 167 Å². The summed E-state index contributed by atoms with van der Waals surface area (Å²) in [5.74, 6) is 0.499. The zero-order valence-electron chi connectivity index (χ0n) is 17.8. The Kier molecular flexibility index (Phi) is 6.91. The van der Waals surface area contributed by atoms with Crippen molar-refractivity contribution in [2.75, 3.05) is 13.1 Å². The van der Waals surface area contributed by atoms with E-state index < -0.39 is 17.7 Å². The predicted molar refractivity (Wildman–Crippen MR) is 107 cm³/mol. The molecule has 156 valence electrons. The van der Waals surface area contributed by atoms with Gasteiger partial charge in [-0.3, -0.25) is 14.7 Å². The van der Waals surface area contributed by atoms with Crippen LogP contribution in [0.5, 0.6) is 5.75 Å². The van der Waals surface area contributed by atoms with Crippen LogP contribution < -0.4 is 4.74 Å². The number of pyridine rings is 1. The minimum absolute atomic E-state index is 0.0317. The monoisotopic (exact) mass is 391 g/mol. The summed E-state index contributed by atoms with van der Waals surface area (Å²) in [6, 6.07) is 3.12. The third-order valence-corrected chi connectivity index (χ3v) is 5.03. The molecule has 1 saturated heterocycles. The summed E-state index contributed by atoms with van der Waals surface area (Å²) in [6.07, 6.45) is 2.12. The molecule has 0 aliphatic carbocycles. The summed E-state index contributed by atoms with van der Waals surface area (Å²) in [4.78, 5) is 32.4. The fourth-order valence-electron chi connectivity index (χ4n) is 3.61. The number of nitrogens with zero attached hydrogens (tertiary/aromatic N) is 3. The maximum absolute atomic E-state index is 13.2. The first-order valence-electron chi connectivity index (χ1n) is 9.91. The third kappa shape index (κ3) is 5.36. The average molecular weight is 392 g/mol. The highest BCUT2D eigenvalue weighted by atomic mass is 16.5. The SMILES string of the molecule is Cc1ccc(OC2CCN(C(=O)[C@H](C(C)C)N(C(=O)O)C(C)(C)C)CC2)cn1. The molecular formula is C21H33N3O4. The summed E-state index contributed by atoms with van der Waals surface area (Å²) < 4.78 is 5.98. The number of carbonyl (C=O) groups is 2. The van der Waals surface area contributed by atoms with Gasteiger partial charge in [-0.2, -0.15) is 0 Å². The van der Waals surface area contributed by atoms with Gasteiger partial charge in [0, 0.05) is 37.2 Å². The molecule has 1 N–H and O–H groups in total. The molecule has 7 nitrogen and oxygen atoms in total. The average Bonchev–Trinajstić information content (AvgIpc) is 2.60. The van der Waals surface area contributed by atoms with Crippen molar-refractivity contribution in [1.29, 1.82) is 0 Å². The lowest BCUT2D eigenvalue weighted by atomic mass is 9.94. The smallest absolute Gasteiger partial charge is 0.408 e. The van der Waals surface area contributed by atoms with Gasteiger partial charge in [0.25, 0.3) is 0 Å². The maximum Gasteiger partial charge on any atom is 0.408 e. The van der Waals surface area contributed by atoms with Crippen LogP contribution in [0.25, 0.3) is 0 Å². The molecule has 0 radical (unpaired) electrons. The number of likely N-dealkylation sites (tertiary alicyclic amines) is 1. The second-order valence-electron chi connectivity index (χ2n) is 8.79. The van der Waals surface area contributed by atoms with Gasteiger partial charge >= 0.3 is 6.09 Å². The van der Waals surface area contributed by atoms with E-state index in [4.69, 9.17) is 4.74 Å². The van der Waals surface area contributed by atoms with Crippen LogP contribution in [0.1, 0.15) is 53.2 Å². The Morgan fingerprint density at radius 3 is 2.29 bits per heavy atom. The van der Waals surface area contributed by atoms with Crippen LogP contribution in [0, 0.1) is 12.8 Å². The largest absolute Gasteiger partial charge is 0.489 e. The molecule has 1 aromatic rings. The highest BCUT2D eigenvalue weighted by Gasteiger charge is 2.41. The van der Waals surface area contributed by atoms with Crippen LogP contribution in [0.15, 0.2) is 18.3 Å². The number of aromatic nitrogens is 1. The van der Waals surface area contributed by atoms with Crippen molar-refractivity contribution >= 4 is 12.0 Å². The van der Waals surface area contributed by atoms with Crippen molar-refractivity contribution in [2.45, 2.75) is 72.1 Å². The van der Waals surface area contributed by atoms with E-state index in [1.54, 1.807) is 11.1 Å². The molecule has 0 aromatic carbocycles. The molecule has 1 aliphatic rings. The van der Waals surface area contributed by atoms with E-state index in [9.17, 15) is 14.7 Å². The fourth-order valence-corrected chi connectivity index (χ4v) is 3.61. The predicted octanol–water partition coefficient (Wildman–Crippen LogP) is 3.56. The molecular weight excluding hydrogens is 358 g/mol. The van der Waals surface area contributed by atoms with Gasteiger partial charge in [-0.05, 0) is 45.7 Å². The number of aryl methyl sites for hydroxylation is 1. The summed E-state index contributed by atoms with van der Waals surface area (Å²) >= 11 is 0. The topological polar surface area (TPSA) is 83.0 Å². The van der Waals surface area contributed by atoms with Gasteiger partial charge in [0.2, 0.25) is 5.91 Å². The van der Waals surface area contributed by atoms with Crippen molar-refractivity contribution in [3.63, 3.8) is 0 Å². The van der Waals surface area contributed by atoms with Gasteiger partial charge in [0.15, 0.2) is 0 Å². The summed E-state index contributed by atoms with van der Waals surface area (Å²) in [6.45, 7) is 12.3. The van der Waals surface area contributed by atoms with E-state index in [1.807, 2.05) is 53.7 Å². The number of rotatable bonds is 5. The standard InChI is InChI=1S/C21H33N3O4/c1-14(2)18(24(20(26)27)21(4,5)6)19(25)23-11-9-16(10-12-23)28-17-8-7-15(3)22-13-17/h7-8,13-14,16,18H,9-12H2,1-6H3,(H,26,27)/t18-/m0/s1. The van der Waals surface area contributed by atoms with Crippen LogP contribution in [0.3, 0.4) is 0 Å². The van der Waals surface area contributed by atoms with Gasteiger partial charge in [0.05, 0.1) is 6.20 Å². The number of carboxylic acid groups (broad SMARTS) is 1. The molecule has 2 rings (SSSR count). The Hall–Kier alpha value is -2.31. The van der Waals surface area contributed by atoms with Crippen molar-refractivity contribution in [1.82, 2.24) is 14.8 Å². The number of hydrogen-bond donors (Lipinski definition) is 1. The van der Waals surface area contributed by atoms with Crippen molar-refractivity contribution in [2.24, 2.45) is 5.92 Å². The van der Waals surface area contributed by atoms with E-state index >= 15 is 0 Å². The fraction of sp³-hybridized carbons (Fsp3) is 0.667. The molecule has 2 amide bonds. The lowest BCUT2D eigenvalue weighted by Gasteiger charge is -2.43. The van der Waals surface area contributed by atoms with Gasteiger partial charge in [-0.1, -0.05) is 13.8 Å². The maximum atomic E-state index is 13.2. The van der Waals surface area contributed by atoms with Crippen LogP contribution in [-0.2, 0) is 4.79 Å². The van der Waals surface area contributed by atoms with Gasteiger partial charge in [0.1, 0.15) is 17.9 Å². The van der Waals surface area contributed by atoms with E-state index in [-0.39, 0.29) is 17.9 Å². The molecule has 1 atom stereocenters. The normalized spacial score (nSPS) is 16.8. The molecule has 0 bridgehead atoms. The minimum atomic E-state index is -1.07. The molecule has 7 heteroatoms. The Bertz CT molecular complexity index is 674. The first-order chi connectivity index (χ1) is 13.0. The minimum Gasteiger partial charge on any atom is -0.489 e. The second-order valence-corrected chi connectivity index (χ2v) is 8.79. The quantitative estimate of drug-likeness (QED) is 0.830. The van der Waals surface area contributed by atoms with Crippen molar-refractivity contribution in [3.8, 4) is 5.75 Å². The van der Waals surface area contributed by atoms with E-state index in [0.717, 1.165) is 11.4 Å². The van der Waals surface area contributed by atoms with Crippen LogP contribution in [-0.4, -0.2) is 62.7 Å². The number of hydrogen-bond acceptors (Lipinski definition) is 4. The first kappa shape index (κ1) is 22.0. The molecule has 1 aliphatic heterocycles. The molecule has 0 spiro atoms. The zero-order valence-corrected chi connectivity index (χ0v) is 17.8. The Morgan fingerprint density at radius 1 is 1.25 bits per heavy atom. The summed E-state index contributed by atoms with van der Waals surface area (Å²) in [5, 5.41) is 9.73. The Morgan fingerprint density at radius 2 is 1.86 bits per heavy atom. The highest BCUT2D eigenvalue weighted by Crippen LogP contribution is 2.26. The van der Waals surface area contributed by atoms with Crippen LogP contribution in [0.2, 0.25) is 0 Å². The summed E-state index contributed by atoms with van der Waals surface area (Å²) in [5.41, 5.74) is 0.283. The van der Waals surface area contributed by atoms with Crippen molar-refractivity contribution < 1.29 is 19.4 Å². The Balaban J connectivity index is 2.03. The van der Waals surface area contributed by atoms with Gasteiger partial charge < -0.3 is 14.7 Å². The highest BCUT2D eigenvalue weighted by molar-refractivity contribution is 5.86. The van der Waals surface area contributed by atoms with Crippen molar-refractivity contribution in [3.05, 3.63) is 24.0 Å².